The number of methoxy groups -OCH3 is 1. The number of primary amides is 1. The van der Waals surface area contributed by atoms with Gasteiger partial charge < -0.3 is 41.6 Å². The van der Waals surface area contributed by atoms with Gasteiger partial charge in [0, 0.05) is 13.1 Å². The van der Waals surface area contributed by atoms with Crippen LogP contribution < -0.4 is 27.0 Å². The average molecular weight is 821 g/mol. The highest BCUT2D eigenvalue weighted by Gasteiger charge is 2.43. The highest BCUT2D eigenvalue weighted by Crippen LogP contribution is 2.39. The fraction of sp³-hybridized carbons (Fsp3) is 0.591. The zero-order chi connectivity index (χ0) is 43.1. The molecule has 1 aliphatic carbocycles. The minimum atomic E-state index is -1.39. The maximum atomic E-state index is 14.4. The number of carbonyl (C=O) groups excluding carboxylic acids is 6. The number of nitrogens with one attached hydrogen (secondary N) is 4. The summed E-state index contributed by atoms with van der Waals surface area (Å²) < 4.78 is 10.2. The number of alkyl carbamates (subject to hydrolysis) is 1. The number of esters is 1. The number of β-amino-alcohol motifs (C(OH)–C–C–N with tert-alkyl or cyclic N) is 1. The third-order valence-corrected chi connectivity index (χ3v) is 11.8. The van der Waals surface area contributed by atoms with E-state index in [2.05, 4.69) is 21.3 Å². The number of rotatable bonds is 20. The molecule has 2 aromatic rings. The molecule has 7 N–H and O–H groups in total. The predicted octanol–water partition coefficient (Wildman–Crippen LogP) is 2.97. The van der Waals surface area contributed by atoms with Crippen molar-refractivity contribution in [1.29, 1.82) is 0 Å². The molecule has 1 heterocycles. The molecule has 59 heavy (non-hydrogen) atoms. The summed E-state index contributed by atoms with van der Waals surface area (Å²) in [6.45, 7) is 7.86. The van der Waals surface area contributed by atoms with Crippen LogP contribution in [0.15, 0.2) is 60.7 Å². The number of ether oxygens (including phenoxy) is 2. The lowest BCUT2D eigenvalue weighted by molar-refractivity contribution is -0.147. The molecule has 2 aromatic carbocycles. The largest absolute Gasteiger partial charge is 0.467 e. The van der Waals surface area contributed by atoms with Crippen molar-refractivity contribution in [3.63, 3.8) is 0 Å². The van der Waals surface area contributed by atoms with Gasteiger partial charge in [0.2, 0.25) is 23.6 Å². The van der Waals surface area contributed by atoms with Gasteiger partial charge in [0.25, 0.3) is 0 Å². The molecule has 5 amide bonds. The van der Waals surface area contributed by atoms with Gasteiger partial charge in [-0.25, -0.2) is 9.59 Å². The van der Waals surface area contributed by atoms with Crippen LogP contribution in [-0.2, 0) is 46.5 Å². The van der Waals surface area contributed by atoms with Crippen LogP contribution in [0, 0.1) is 23.7 Å². The summed E-state index contributed by atoms with van der Waals surface area (Å²) in [5, 5.41) is 23.2. The van der Waals surface area contributed by atoms with Crippen molar-refractivity contribution < 1.29 is 43.3 Å². The average Bonchev–Trinajstić information content (AvgIpc) is 3.22. The summed E-state index contributed by atoms with van der Waals surface area (Å²) in [7, 11) is 1.26. The van der Waals surface area contributed by atoms with E-state index in [-0.39, 0.29) is 43.2 Å². The van der Waals surface area contributed by atoms with Crippen LogP contribution in [0.4, 0.5) is 4.79 Å². The number of aliphatic hydroxyl groups is 1. The first-order valence-electron chi connectivity index (χ1n) is 20.9. The number of piperidine rings is 1. The Labute approximate surface area is 347 Å². The number of likely N-dealkylation sites (tertiary alicyclic amines) is 1. The SMILES string of the molecule is CC[C@H](C)[C@H](NC(=O)[C@@H]1C[C@@H]2CCCC[C@@H]2CN1C[C@@H](O)[C@H](Cc1ccccc1)NC(=O)[C@H](CC(N)=O)NC(=O)OCc1ccccc1)C(=O)N[C@H](C(=O)OC)C(C)C. The fourth-order valence-corrected chi connectivity index (χ4v) is 8.11. The zero-order valence-electron chi connectivity index (χ0n) is 35.1. The molecule has 15 nitrogen and oxygen atoms in total. The second-order valence-electron chi connectivity index (χ2n) is 16.4. The van der Waals surface area contributed by atoms with Crippen molar-refractivity contribution in [1.82, 2.24) is 26.2 Å². The van der Waals surface area contributed by atoms with E-state index in [4.69, 9.17) is 15.2 Å². The Balaban J connectivity index is 1.56. The molecule has 15 heteroatoms. The summed E-state index contributed by atoms with van der Waals surface area (Å²) in [5.41, 5.74) is 7.03. The van der Waals surface area contributed by atoms with Crippen molar-refractivity contribution in [2.45, 2.75) is 122 Å². The summed E-state index contributed by atoms with van der Waals surface area (Å²) >= 11 is 0. The number of fused-ring (bicyclic) bond motifs is 1. The van der Waals surface area contributed by atoms with Crippen molar-refractivity contribution in [3.05, 3.63) is 71.8 Å². The van der Waals surface area contributed by atoms with Gasteiger partial charge in [0.05, 0.1) is 31.7 Å². The first-order chi connectivity index (χ1) is 28.2. The molecule has 0 aromatic heterocycles. The Bertz CT molecular complexity index is 1700. The molecule has 0 radical (unpaired) electrons. The minimum absolute atomic E-state index is 0.00405. The normalized spacial score (nSPS) is 21.0. The smallest absolute Gasteiger partial charge is 0.408 e. The van der Waals surface area contributed by atoms with Gasteiger partial charge in [0.15, 0.2) is 0 Å². The summed E-state index contributed by atoms with van der Waals surface area (Å²) in [6.07, 6.45) is 2.74. The van der Waals surface area contributed by atoms with Crippen LogP contribution in [0.1, 0.15) is 83.8 Å². The Morgan fingerprint density at radius 1 is 0.831 bits per heavy atom. The molecule has 1 saturated carbocycles. The first-order valence-corrected chi connectivity index (χ1v) is 20.9. The lowest BCUT2D eigenvalue weighted by atomic mass is 9.72. The van der Waals surface area contributed by atoms with E-state index >= 15 is 0 Å². The molecule has 9 atom stereocenters. The zero-order valence-corrected chi connectivity index (χ0v) is 35.1. The highest BCUT2D eigenvalue weighted by atomic mass is 16.5. The van der Waals surface area contributed by atoms with E-state index < -0.39 is 72.5 Å². The van der Waals surface area contributed by atoms with Crippen molar-refractivity contribution in [3.8, 4) is 0 Å². The van der Waals surface area contributed by atoms with Gasteiger partial charge >= 0.3 is 12.1 Å². The standard InChI is InChI=1S/C44H64N6O9/c1-6-28(4)39(42(55)48-38(27(2)3)43(56)58-5)49-41(54)35-22-31-19-13-14-20-32(31)24-50(35)25-36(51)33(21-29-15-9-7-10-16-29)46-40(53)34(23-37(45)52)47-44(57)59-26-30-17-11-8-12-18-30/h7-12,15-18,27-28,31-36,38-39,51H,6,13-14,19-26H2,1-5H3,(H2,45,52)(H,46,53)(H,47,57)(H,48,55)(H,49,54)/t28-,31-,32+,33-,34-,35-,36+,38-,39-/m0/s1. The van der Waals surface area contributed by atoms with Crippen LogP contribution in [-0.4, -0.2) is 102 Å². The van der Waals surface area contributed by atoms with Crippen molar-refractivity contribution in [2.24, 2.45) is 29.4 Å². The Morgan fingerprint density at radius 3 is 2.05 bits per heavy atom. The van der Waals surface area contributed by atoms with E-state index in [0.717, 1.165) is 36.8 Å². The van der Waals surface area contributed by atoms with E-state index in [1.807, 2.05) is 55.1 Å². The van der Waals surface area contributed by atoms with Gasteiger partial charge in [0.1, 0.15) is 24.7 Å². The fourth-order valence-electron chi connectivity index (χ4n) is 8.11. The third-order valence-electron chi connectivity index (χ3n) is 11.8. The van der Waals surface area contributed by atoms with Crippen LogP contribution in [0.3, 0.4) is 0 Å². The maximum absolute atomic E-state index is 14.4. The van der Waals surface area contributed by atoms with Gasteiger partial charge in [-0.2, -0.15) is 0 Å². The topological polar surface area (TPSA) is 218 Å². The van der Waals surface area contributed by atoms with Crippen LogP contribution in [0.5, 0.6) is 0 Å². The minimum Gasteiger partial charge on any atom is -0.467 e. The molecule has 1 saturated heterocycles. The number of benzene rings is 2. The molecule has 2 fully saturated rings. The predicted molar refractivity (Wildman–Crippen MR) is 221 cm³/mol. The van der Waals surface area contributed by atoms with Crippen LogP contribution in [0.2, 0.25) is 0 Å². The first kappa shape index (κ1) is 46.7. The van der Waals surface area contributed by atoms with E-state index in [1.165, 1.54) is 7.11 Å². The van der Waals surface area contributed by atoms with Crippen LogP contribution in [0.25, 0.3) is 0 Å². The number of nitrogens with two attached hydrogens (primary N) is 1. The van der Waals surface area contributed by atoms with E-state index in [0.29, 0.717) is 25.3 Å². The van der Waals surface area contributed by atoms with Gasteiger partial charge in [-0.05, 0) is 54.1 Å². The monoisotopic (exact) mass is 820 g/mol. The van der Waals surface area contributed by atoms with Gasteiger partial charge in [-0.15, -0.1) is 0 Å². The number of aliphatic hydroxyl groups excluding tert-OH is 1. The number of hydrogen-bond donors (Lipinski definition) is 6. The highest BCUT2D eigenvalue weighted by molar-refractivity contribution is 5.92. The molecule has 0 unspecified atom stereocenters. The van der Waals surface area contributed by atoms with E-state index in [1.54, 1.807) is 38.1 Å². The Morgan fingerprint density at radius 2 is 1.46 bits per heavy atom. The number of amides is 5. The molecular weight excluding hydrogens is 757 g/mol. The van der Waals surface area contributed by atoms with Gasteiger partial charge in [-0.1, -0.05) is 114 Å². The molecule has 0 bridgehead atoms. The number of nitrogens with zero attached hydrogens (tertiary/aromatic N) is 1. The Kier molecular flexibility index (Phi) is 18.2. The van der Waals surface area contributed by atoms with Crippen molar-refractivity contribution in [2.75, 3.05) is 20.2 Å². The van der Waals surface area contributed by atoms with Crippen molar-refractivity contribution >= 4 is 35.7 Å². The summed E-state index contributed by atoms with van der Waals surface area (Å²) in [5.74, 6) is -2.91. The lowest BCUT2D eigenvalue weighted by Gasteiger charge is -2.47. The molecule has 2 aliphatic rings. The van der Waals surface area contributed by atoms with Gasteiger partial charge in [-0.3, -0.25) is 24.1 Å². The van der Waals surface area contributed by atoms with Crippen LogP contribution >= 0.6 is 0 Å². The molecule has 324 valence electrons. The molecular formula is C44H64N6O9. The second kappa shape index (κ2) is 22.9. The summed E-state index contributed by atoms with van der Waals surface area (Å²) in [4.78, 5) is 81.4. The van der Waals surface area contributed by atoms with E-state index in [9.17, 15) is 33.9 Å². The number of carbonyl (C=O) groups is 6. The second-order valence-corrected chi connectivity index (χ2v) is 16.4. The number of hydrogen-bond acceptors (Lipinski definition) is 10. The quantitative estimate of drug-likeness (QED) is 0.107. The Hall–Kier alpha value is -5.02. The molecule has 1 aliphatic heterocycles. The lowest BCUT2D eigenvalue weighted by Crippen LogP contribution is -2.62. The summed E-state index contributed by atoms with van der Waals surface area (Å²) in [6, 6.07) is 13.4. The molecule has 0 spiro atoms. The molecule has 4 rings (SSSR count). The maximum Gasteiger partial charge on any atom is 0.408 e. The third kappa shape index (κ3) is 14.1.